The minimum atomic E-state index is -0.996. The molecule has 2 aromatic rings. The third-order valence-corrected chi connectivity index (χ3v) is 2.32. The number of hydrogen-bond acceptors (Lipinski definition) is 4. The van der Waals surface area contributed by atoms with Crippen LogP contribution in [0.1, 0.15) is 26.4 Å². The molecular formula is C13H11ClN2O4. The number of carboxylic acids is 2. The molecule has 2 rings (SSSR count). The first kappa shape index (κ1) is 15.6. The van der Waals surface area contributed by atoms with Crippen molar-refractivity contribution in [1.29, 1.82) is 0 Å². The molecule has 0 aromatic carbocycles. The zero-order valence-electron chi connectivity index (χ0n) is 10.4. The number of aryl methyl sites for hydroxylation is 1. The van der Waals surface area contributed by atoms with Crippen molar-refractivity contribution < 1.29 is 19.8 Å². The monoisotopic (exact) mass is 294 g/mol. The number of aromatic carboxylic acids is 2. The number of halogens is 1. The van der Waals surface area contributed by atoms with Crippen LogP contribution in [0.2, 0.25) is 5.15 Å². The summed E-state index contributed by atoms with van der Waals surface area (Å²) in [6.45, 7) is 1.76. The average Bonchev–Trinajstić information content (AvgIpc) is 2.39. The van der Waals surface area contributed by atoms with Crippen LogP contribution in [0.15, 0.2) is 36.7 Å². The number of carbonyl (C=O) groups is 2. The highest BCUT2D eigenvalue weighted by atomic mass is 35.5. The number of rotatable bonds is 2. The van der Waals surface area contributed by atoms with Crippen LogP contribution < -0.4 is 0 Å². The van der Waals surface area contributed by atoms with E-state index in [0.717, 1.165) is 5.69 Å². The Bertz CT molecular complexity index is 576. The van der Waals surface area contributed by atoms with Gasteiger partial charge in [-0.2, -0.15) is 0 Å². The molecule has 20 heavy (non-hydrogen) atoms. The Morgan fingerprint density at radius 1 is 1.00 bits per heavy atom. The maximum Gasteiger partial charge on any atom is 0.335 e. The van der Waals surface area contributed by atoms with E-state index in [0.29, 0.717) is 0 Å². The van der Waals surface area contributed by atoms with Gasteiger partial charge >= 0.3 is 11.9 Å². The van der Waals surface area contributed by atoms with E-state index < -0.39 is 11.9 Å². The molecule has 0 fully saturated rings. The van der Waals surface area contributed by atoms with Crippen molar-refractivity contribution >= 4 is 23.5 Å². The van der Waals surface area contributed by atoms with Gasteiger partial charge in [-0.15, -0.1) is 0 Å². The summed E-state index contributed by atoms with van der Waals surface area (Å²) >= 11 is 5.41. The van der Waals surface area contributed by atoms with Gasteiger partial charge in [-0.3, -0.25) is 4.98 Å². The van der Waals surface area contributed by atoms with Crippen LogP contribution in [0.5, 0.6) is 0 Å². The van der Waals surface area contributed by atoms with E-state index in [-0.39, 0.29) is 16.3 Å². The van der Waals surface area contributed by atoms with Gasteiger partial charge in [0.05, 0.1) is 11.1 Å². The second kappa shape index (κ2) is 7.20. The van der Waals surface area contributed by atoms with Crippen molar-refractivity contribution in [2.45, 2.75) is 6.92 Å². The van der Waals surface area contributed by atoms with Crippen LogP contribution in [0.4, 0.5) is 0 Å². The second-order valence-corrected chi connectivity index (χ2v) is 4.05. The molecule has 0 spiro atoms. The minimum Gasteiger partial charge on any atom is -0.478 e. The van der Waals surface area contributed by atoms with Crippen LogP contribution >= 0.6 is 11.6 Å². The molecule has 6 nitrogen and oxygen atoms in total. The number of aromatic nitrogens is 2. The summed E-state index contributed by atoms with van der Waals surface area (Å²) in [6.07, 6.45) is 2.84. The third kappa shape index (κ3) is 5.03. The molecule has 104 valence electrons. The van der Waals surface area contributed by atoms with Gasteiger partial charge in [0, 0.05) is 18.1 Å². The predicted octanol–water partition coefficient (Wildman–Crippen LogP) is 2.52. The topological polar surface area (TPSA) is 100 Å². The van der Waals surface area contributed by atoms with Gasteiger partial charge in [0.15, 0.2) is 0 Å². The number of pyridine rings is 2. The first-order valence-corrected chi connectivity index (χ1v) is 5.78. The van der Waals surface area contributed by atoms with E-state index >= 15 is 0 Å². The predicted molar refractivity (Wildman–Crippen MR) is 72.1 cm³/mol. The molecule has 0 bridgehead atoms. The first-order chi connectivity index (χ1) is 9.40. The van der Waals surface area contributed by atoms with E-state index in [2.05, 4.69) is 9.97 Å². The van der Waals surface area contributed by atoms with E-state index in [1.165, 1.54) is 36.7 Å². The summed E-state index contributed by atoms with van der Waals surface area (Å²) < 4.78 is 0. The number of hydrogen-bond donors (Lipinski definition) is 2. The van der Waals surface area contributed by atoms with Gasteiger partial charge in [-0.1, -0.05) is 11.6 Å². The SMILES string of the molecule is Cc1cc(C(=O)O)ccn1.O=C(O)c1ccnc(Cl)c1. The Morgan fingerprint density at radius 2 is 1.50 bits per heavy atom. The van der Waals surface area contributed by atoms with Crippen molar-refractivity contribution in [2.75, 3.05) is 0 Å². The van der Waals surface area contributed by atoms with Crippen molar-refractivity contribution in [3.63, 3.8) is 0 Å². The average molecular weight is 295 g/mol. The molecule has 0 aliphatic rings. The highest BCUT2D eigenvalue weighted by Crippen LogP contribution is 2.06. The Morgan fingerprint density at radius 3 is 1.85 bits per heavy atom. The lowest BCUT2D eigenvalue weighted by atomic mass is 10.2. The summed E-state index contributed by atoms with van der Waals surface area (Å²) in [5.41, 5.74) is 1.16. The molecule has 0 saturated carbocycles. The van der Waals surface area contributed by atoms with Gasteiger partial charge in [-0.25, -0.2) is 14.6 Å². The summed E-state index contributed by atoms with van der Waals surface area (Å²) in [6, 6.07) is 5.68. The molecule has 0 unspecified atom stereocenters. The molecule has 0 amide bonds. The first-order valence-electron chi connectivity index (χ1n) is 5.41. The third-order valence-electron chi connectivity index (χ3n) is 2.12. The summed E-state index contributed by atoms with van der Waals surface area (Å²) in [7, 11) is 0. The van der Waals surface area contributed by atoms with E-state index in [4.69, 9.17) is 21.8 Å². The molecule has 0 atom stereocenters. The van der Waals surface area contributed by atoms with Gasteiger partial charge in [0.2, 0.25) is 0 Å². The maximum absolute atomic E-state index is 10.3. The molecule has 7 heteroatoms. The van der Waals surface area contributed by atoms with E-state index in [9.17, 15) is 9.59 Å². The lowest BCUT2D eigenvalue weighted by Gasteiger charge is -1.92. The van der Waals surface area contributed by atoms with E-state index in [1.807, 2.05) is 0 Å². The van der Waals surface area contributed by atoms with Crippen LogP contribution in [-0.4, -0.2) is 32.1 Å². The largest absolute Gasteiger partial charge is 0.478 e. The lowest BCUT2D eigenvalue weighted by Crippen LogP contribution is -1.96. The smallest absolute Gasteiger partial charge is 0.335 e. The zero-order valence-corrected chi connectivity index (χ0v) is 11.2. The fourth-order valence-corrected chi connectivity index (χ4v) is 1.39. The second-order valence-electron chi connectivity index (χ2n) is 3.66. The number of nitrogens with zero attached hydrogens (tertiary/aromatic N) is 2. The van der Waals surface area contributed by atoms with Gasteiger partial charge < -0.3 is 10.2 Å². The maximum atomic E-state index is 10.3. The molecule has 0 radical (unpaired) electrons. The fourth-order valence-electron chi connectivity index (χ4n) is 1.21. The summed E-state index contributed by atoms with van der Waals surface area (Å²) in [5.74, 6) is -1.91. The highest BCUT2D eigenvalue weighted by Gasteiger charge is 2.01. The van der Waals surface area contributed by atoms with Crippen LogP contribution in [-0.2, 0) is 0 Å². The van der Waals surface area contributed by atoms with Gasteiger partial charge in [-0.05, 0) is 31.2 Å². The molecule has 0 saturated heterocycles. The fraction of sp³-hybridized carbons (Fsp3) is 0.0769. The van der Waals surface area contributed by atoms with Gasteiger partial charge in [0.25, 0.3) is 0 Å². The highest BCUT2D eigenvalue weighted by molar-refractivity contribution is 6.29. The Labute approximate surface area is 119 Å². The molecular weight excluding hydrogens is 284 g/mol. The summed E-state index contributed by atoms with van der Waals surface area (Å²) in [5, 5.41) is 17.1. The van der Waals surface area contributed by atoms with Crippen molar-refractivity contribution in [3.8, 4) is 0 Å². The van der Waals surface area contributed by atoms with Crippen molar-refractivity contribution in [3.05, 3.63) is 58.6 Å². The summed E-state index contributed by atoms with van der Waals surface area (Å²) in [4.78, 5) is 28.1. The Hall–Kier alpha value is -2.47. The van der Waals surface area contributed by atoms with Gasteiger partial charge in [0.1, 0.15) is 5.15 Å². The normalized spacial score (nSPS) is 9.30. The molecule has 0 aliphatic carbocycles. The van der Waals surface area contributed by atoms with Crippen LogP contribution in [0.25, 0.3) is 0 Å². The van der Waals surface area contributed by atoms with Crippen molar-refractivity contribution in [2.24, 2.45) is 0 Å². The van der Waals surface area contributed by atoms with Crippen molar-refractivity contribution in [1.82, 2.24) is 9.97 Å². The quantitative estimate of drug-likeness (QED) is 0.825. The molecule has 2 N–H and O–H groups in total. The molecule has 2 aromatic heterocycles. The van der Waals surface area contributed by atoms with Crippen LogP contribution in [0.3, 0.4) is 0 Å². The van der Waals surface area contributed by atoms with Crippen LogP contribution in [0, 0.1) is 6.92 Å². The van der Waals surface area contributed by atoms with E-state index in [1.54, 1.807) is 6.92 Å². The zero-order chi connectivity index (χ0) is 15.1. The molecule has 0 aliphatic heterocycles. The number of carboxylic acid groups (broad SMARTS) is 2. The minimum absolute atomic E-state index is 0.153. The molecule has 2 heterocycles. The Balaban J connectivity index is 0.000000200. The standard InChI is InChI=1S/C7H7NO2.C6H4ClNO2/c1-5-4-6(7(9)10)2-3-8-5;7-5-3-4(6(9)10)1-2-8-5/h2-4H,1H3,(H,9,10);1-3H,(H,9,10). The lowest BCUT2D eigenvalue weighted by molar-refractivity contribution is 0.0686. The Kier molecular flexibility index (Phi) is 5.61.